The van der Waals surface area contributed by atoms with E-state index in [1.807, 2.05) is 0 Å². The standard InChI is InChI=1S/C15H13N3O4/c19-13(6-2-7-14(20)21)18-11-4-1-5-12(10-11)22-15-16-8-3-9-17-15/h1-5,7-10H,6H2,(H,18,19)(H,20,21). The number of aliphatic carboxylic acids is 1. The average molecular weight is 299 g/mol. The molecule has 0 atom stereocenters. The minimum atomic E-state index is -1.09. The van der Waals surface area contributed by atoms with Crippen LogP contribution in [0.25, 0.3) is 0 Å². The Morgan fingerprint density at radius 3 is 2.73 bits per heavy atom. The molecule has 1 aromatic carbocycles. The minimum absolute atomic E-state index is 0.0286. The van der Waals surface area contributed by atoms with Crippen LogP contribution < -0.4 is 10.1 Å². The smallest absolute Gasteiger partial charge is 0.327 e. The van der Waals surface area contributed by atoms with Crippen LogP contribution in [0, 0.1) is 0 Å². The van der Waals surface area contributed by atoms with Crippen molar-refractivity contribution >= 4 is 17.6 Å². The van der Waals surface area contributed by atoms with Crippen LogP contribution in [0.15, 0.2) is 54.9 Å². The van der Waals surface area contributed by atoms with Gasteiger partial charge in [-0.25, -0.2) is 14.8 Å². The predicted molar refractivity (Wildman–Crippen MR) is 78.6 cm³/mol. The summed E-state index contributed by atoms with van der Waals surface area (Å²) >= 11 is 0. The van der Waals surface area contributed by atoms with Gasteiger partial charge < -0.3 is 15.2 Å². The quantitative estimate of drug-likeness (QED) is 0.793. The summed E-state index contributed by atoms with van der Waals surface area (Å²) in [4.78, 5) is 29.8. The van der Waals surface area contributed by atoms with Gasteiger partial charge in [0.25, 0.3) is 0 Å². The number of nitrogens with one attached hydrogen (secondary N) is 1. The molecule has 7 nitrogen and oxygen atoms in total. The van der Waals surface area contributed by atoms with E-state index >= 15 is 0 Å². The molecular weight excluding hydrogens is 286 g/mol. The zero-order chi connectivity index (χ0) is 15.8. The number of carbonyl (C=O) groups is 2. The molecule has 0 aliphatic heterocycles. The van der Waals surface area contributed by atoms with Crippen LogP contribution in [0.4, 0.5) is 5.69 Å². The highest BCUT2D eigenvalue weighted by atomic mass is 16.5. The van der Waals surface area contributed by atoms with Gasteiger partial charge in [-0.3, -0.25) is 4.79 Å². The molecule has 2 aromatic rings. The Labute approximate surface area is 126 Å². The van der Waals surface area contributed by atoms with Crippen molar-refractivity contribution in [3.63, 3.8) is 0 Å². The number of ether oxygens (including phenoxy) is 1. The maximum Gasteiger partial charge on any atom is 0.327 e. The summed E-state index contributed by atoms with van der Waals surface area (Å²) in [7, 11) is 0. The molecule has 22 heavy (non-hydrogen) atoms. The Morgan fingerprint density at radius 2 is 2.00 bits per heavy atom. The lowest BCUT2D eigenvalue weighted by atomic mass is 10.3. The number of amides is 1. The van der Waals surface area contributed by atoms with Gasteiger partial charge >= 0.3 is 12.0 Å². The van der Waals surface area contributed by atoms with Crippen molar-refractivity contribution in [3.05, 3.63) is 54.9 Å². The van der Waals surface area contributed by atoms with Gasteiger partial charge in [-0.05, 0) is 18.2 Å². The molecule has 1 amide bonds. The lowest BCUT2D eigenvalue weighted by Gasteiger charge is -2.07. The van der Waals surface area contributed by atoms with Crippen molar-refractivity contribution < 1.29 is 19.4 Å². The average Bonchev–Trinajstić information content (AvgIpc) is 2.48. The molecule has 1 aromatic heterocycles. The summed E-state index contributed by atoms with van der Waals surface area (Å²) in [6.07, 6.45) is 5.28. The molecule has 112 valence electrons. The van der Waals surface area contributed by atoms with E-state index in [1.54, 1.807) is 42.7 Å². The molecule has 0 saturated heterocycles. The number of nitrogens with zero attached hydrogens (tertiary/aromatic N) is 2. The molecule has 0 radical (unpaired) electrons. The van der Waals surface area contributed by atoms with Crippen molar-refractivity contribution in [3.8, 4) is 11.8 Å². The second-order valence-electron chi connectivity index (χ2n) is 4.15. The molecule has 2 N–H and O–H groups in total. The lowest BCUT2D eigenvalue weighted by Crippen LogP contribution is -2.10. The van der Waals surface area contributed by atoms with Gasteiger partial charge in [0.05, 0.1) is 0 Å². The second-order valence-corrected chi connectivity index (χ2v) is 4.15. The van der Waals surface area contributed by atoms with Crippen molar-refractivity contribution in [2.75, 3.05) is 5.32 Å². The summed E-state index contributed by atoms with van der Waals surface area (Å²) < 4.78 is 5.45. The molecule has 7 heteroatoms. The van der Waals surface area contributed by atoms with E-state index in [0.29, 0.717) is 11.4 Å². The molecule has 0 aliphatic rings. The van der Waals surface area contributed by atoms with E-state index < -0.39 is 5.97 Å². The molecule has 0 saturated carbocycles. The van der Waals surface area contributed by atoms with Crippen LogP contribution in [-0.4, -0.2) is 27.0 Å². The SMILES string of the molecule is O=C(O)C=CCC(=O)Nc1cccc(Oc2ncccn2)c1. The third-order valence-corrected chi connectivity index (χ3v) is 2.43. The van der Waals surface area contributed by atoms with Gasteiger partial charge in [-0.1, -0.05) is 12.1 Å². The summed E-state index contributed by atoms with van der Waals surface area (Å²) in [6.45, 7) is 0. The Hall–Kier alpha value is -3.22. The topological polar surface area (TPSA) is 101 Å². The number of carbonyl (C=O) groups excluding carboxylic acids is 1. The Kier molecular flexibility index (Phi) is 5.20. The van der Waals surface area contributed by atoms with E-state index in [2.05, 4.69) is 15.3 Å². The maximum atomic E-state index is 11.6. The zero-order valence-corrected chi connectivity index (χ0v) is 11.5. The number of aromatic nitrogens is 2. The van der Waals surface area contributed by atoms with E-state index in [9.17, 15) is 9.59 Å². The number of hydrogen-bond donors (Lipinski definition) is 2. The third kappa shape index (κ3) is 5.04. The Balaban J connectivity index is 1.96. The first-order chi connectivity index (χ1) is 10.6. The maximum absolute atomic E-state index is 11.6. The summed E-state index contributed by atoms with van der Waals surface area (Å²) in [5.74, 6) is -0.943. The van der Waals surface area contributed by atoms with Gasteiger partial charge in [0, 0.05) is 36.6 Å². The molecule has 1 heterocycles. The molecule has 0 unspecified atom stereocenters. The van der Waals surface area contributed by atoms with Crippen molar-refractivity contribution in [1.29, 1.82) is 0 Å². The summed E-state index contributed by atoms with van der Waals surface area (Å²) in [5.41, 5.74) is 0.530. The largest absolute Gasteiger partial charge is 0.478 e. The Morgan fingerprint density at radius 1 is 1.23 bits per heavy atom. The number of benzene rings is 1. The fourth-order valence-corrected chi connectivity index (χ4v) is 1.56. The van der Waals surface area contributed by atoms with Crippen LogP contribution in [0.3, 0.4) is 0 Å². The highest BCUT2D eigenvalue weighted by molar-refractivity contribution is 5.92. The third-order valence-electron chi connectivity index (χ3n) is 2.43. The summed E-state index contributed by atoms with van der Waals surface area (Å²) in [6, 6.07) is 8.60. The number of anilines is 1. The van der Waals surface area contributed by atoms with E-state index in [0.717, 1.165) is 6.08 Å². The number of carboxylic acid groups (broad SMARTS) is 1. The van der Waals surface area contributed by atoms with E-state index in [1.165, 1.54) is 6.08 Å². The van der Waals surface area contributed by atoms with E-state index in [4.69, 9.17) is 9.84 Å². The van der Waals surface area contributed by atoms with Crippen molar-refractivity contribution in [2.24, 2.45) is 0 Å². The first-order valence-electron chi connectivity index (χ1n) is 6.38. The molecular formula is C15H13N3O4. The van der Waals surface area contributed by atoms with Crippen molar-refractivity contribution in [1.82, 2.24) is 9.97 Å². The Bertz CT molecular complexity index is 686. The second kappa shape index (κ2) is 7.53. The number of rotatable bonds is 6. The first-order valence-corrected chi connectivity index (χ1v) is 6.38. The van der Waals surface area contributed by atoms with Gasteiger partial charge in [-0.15, -0.1) is 0 Å². The lowest BCUT2D eigenvalue weighted by molar-refractivity contribution is -0.131. The first kappa shape index (κ1) is 15.2. The van der Waals surface area contributed by atoms with Gasteiger partial charge in [0.2, 0.25) is 5.91 Å². The van der Waals surface area contributed by atoms with Gasteiger partial charge in [0.1, 0.15) is 5.75 Å². The van der Waals surface area contributed by atoms with E-state index in [-0.39, 0.29) is 18.3 Å². The fourth-order valence-electron chi connectivity index (χ4n) is 1.56. The van der Waals surface area contributed by atoms with Gasteiger partial charge in [-0.2, -0.15) is 0 Å². The highest BCUT2D eigenvalue weighted by Gasteiger charge is 2.03. The molecule has 0 spiro atoms. The van der Waals surface area contributed by atoms with Crippen LogP contribution in [0.5, 0.6) is 11.8 Å². The zero-order valence-electron chi connectivity index (χ0n) is 11.5. The predicted octanol–water partition coefficient (Wildman–Crippen LogP) is 2.24. The highest BCUT2D eigenvalue weighted by Crippen LogP contribution is 2.21. The minimum Gasteiger partial charge on any atom is -0.478 e. The summed E-state index contributed by atoms with van der Waals surface area (Å²) in [5, 5.41) is 11.1. The molecule has 0 aliphatic carbocycles. The number of hydrogen-bond acceptors (Lipinski definition) is 5. The van der Waals surface area contributed by atoms with Crippen LogP contribution in [0.2, 0.25) is 0 Å². The number of carboxylic acids is 1. The molecule has 0 fully saturated rings. The normalized spacial score (nSPS) is 10.4. The van der Waals surface area contributed by atoms with Crippen LogP contribution in [0.1, 0.15) is 6.42 Å². The fraction of sp³-hybridized carbons (Fsp3) is 0.0667. The molecule has 0 bridgehead atoms. The van der Waals surface area contributed by atoms with Crippen molar-refractivity contribution in [2.45, 2.75) is 6.42 Å². The van der Waals surface area contributed by atoms with Crippen LogP contribution in [-0.2, 0) is 9.59 Å². The van der Waals surface area contributed by atoms with Gasteiger partial charge in [0.15, 0.2) is 0 Å². The monoisotopic (exact) mass is 299 g/mol. The molecule has 2 rings (SSSR count). The van der Waals surface area contributed by atoms with Crippen LogP contribution >= 0.6 is 0 Å².